The van der Waals surface area contributed by atoms with Gasteiger partial charge in [0, 0.05) is 24.7 Å². The maximum atomic E-state index is 15.4. The van der Waals surface area contributed by atoms with Crippen LogP contribution in [0.2, 0.25) is 0 Å². The molecule has 0 bridgehead atoms. The third-order valence-electron chi connectivity index (χ3n) is 4.26. The Bertz CT molecular complexity index is 1300. The summed E-state index contributed by atoms with van der Waals surface area (Å²) in [6, 6.07) is 13.8. The number of nitrogens with zero attached hydrogens (tertiary/aromatic N) is 4. The molecule has 146 valence electrons. The lowest BCUT2D eigenvalue weighted by Gasteiger charge is -2.11. The van der Waals surface area contributed by atoms with Gasteiger partial charge >= 0.3 is 0 Å². The smallest absolute Gasteiger partial charge is 0.210 e. The van der Waals surface area contributed by atoms with Crippen LogP contribution < -0.4 is 9.47 Å². The minimum atomic E-state index is -0.686. The fourth-order valence-corrected chi connectivity index (χ4v) is 2.93. The zero-order valence-corrected chi connectivity index (χ0v) is 15.5. The molecule has 0 fully saturated rings. The molecule has 0 saturated carbocycles. The number of rotatable bonds is 5. The number of H-pyrrole nitrogens is 1. The lowest BCUT2D eigenvalue weighted by atomic mass is 10.2. The molecule has 5 rings (SSSR count). The summed E-state index contributed by atoms with van der Waals surface area (Å²) in [5.74, 6) is 0.475. The van der Waals surface area contributed by atoms with Gasteiger partial charge in [0.2, 0.25) is 5.82 Å². The molecule has 8 heteroatoms. The van der Waals surface area contributed by atoms with Gasteiger partial charge in [0.05, 0.1) is 17.9 Å². The topological polar surface area (TPSA) is 85.8 Å². The lowest BCUT2D eigenvalue weighted by molar-refractivity contribution is 0.404. The largest absolute Gasteiger partial charge is 0.452 e. The van der Waals surface area contributed by atoms with Crippen LogP contribution in [0.25, 0.3) is 22.6 Å². The highest BCUT2D eigenvalue weighted by Crippen LogP contribution is 2.39. The van der Waals surface area contributed by atoms with E-state index in [9.17, 15) is 0 Å². The van der Waals surface area contributed by atoms with Crippen LogP contribution in [0, 0.1) is 5.82 Å². The van der Waals surface area contributed by atoms with Crippen molar-refractivity contribution in [1.29, 1.82) is 0 Å². The zero-order valence-electron chi connectivity index (χ0n) is 15.5. The van der Waals surface area contributed by atoms with Crippen LogP contribution in [0.15, 0.2) is 79.5 Å². The Hall–Kier alpha value is -4.33. The van der Waals surface area contributed by atoms with E-state index in [1.54, 1.807) is 42.9 Å². The maximum absolute atomic E-state index is 15.4. The van der Waals surface area contributed by atoms with Crippen molar-refractivity contribution in [2.75, 3.05) is 0 Å². The second-order valence-electron chi connectivity index (χ2n) is 6.30. The Morgan fingerprint density at radius 2 is 1.60 bits per heavy atom. The summed E-state index contributed by atoms with van der Waals surface area (Å²) < 4.78 is 27.0. The molecule has 0 amide bonds. The van der Waals surface area contributed by atoms with Gasteiger partial charge in [-0.1, -0.05) is 6.07 Å². The van der Waals surface area contributed by atoms with Crippen LogP contribution in [0.3, 0.4) is 0 Å². The van der Waals surface area contributed by atoms with Gasteiger partial charge in [-0.15, -0.1) is 0 Å². The molecule has 5 aromatic rings. The predicted molar refractivity (Wildman–Crippen MR) is 108 cm³/mol. The normalized spacial score (nSPS) is 10.8. The Labute approximate surface area is 170 Å². The van der Waals surface area contributed by atoms with Crippen molar-refractivity contribution in [1.82, 2.24) is 24.9 Å². The van der Waals surface area contributed by atoms with E-state index in [4.69, 9.17) is 9.47 Å². The van der Waals surface area contributed by atoms with Crippen LogP contribution in [-0.2, 0) is 0 Å². The average molecular weight is 399 g/mol. The molecule has 0 aliphatic heterocycles. The second kappa shape index (κ2) is 7.59. The van der Waals surface area contributed by atoms with E-state index >= 15 is 4.39 Å². The molecule has 1 aromatic carbocycles. The Morgan fingerprint density at radius 1 is 0.833 bits per heavy atom. The minimum absolute atomic E-state index is 0.0226. The van der Waals surface area contributed by atoms with Crippen molar-refractivity contribution >= 4 is 11.0 Å². The van der Waals surface area contributed by atoms with Crippen molar-refractivity contribution in [2.45, 2.75) is 0 Å². The number of hydrogen-bond acceptors (Lipinski definition) is 6. The molecule has 1 N–H and O–H groups in total. The molecule has 0 unspecified atom stereocenters. The molecular formula is C22H14FN5O2. The molecule has 0 spiro atoms. The monoisotopic (exact) mass is 399 g/mol. The van der Waals surface area contributed by atoms with Crippen LogP contribution in [-0.4, -0.2) is 24.9 Å². The van der Waals surface area contributed by atoms with Crippen molar-refractivity contribution in [3.8, 4) is 34.5 Å². The first-order valence-corrected chi connectivity index (χ1v) is 9.07. The molecular weight excluding hydrogens is 385 g/mol. The number of nitrogens with one attached hydrogen (secondary N) is 1. The number of aromatic nitrogens is 5. The van der Waals surface area contributed by atoms with Gasteiger partial charge in [0.25, 0.3) is 0 Å². The van der Waals surface area contributed by atoms with Gasteiger partial charge in [0.1, 0.15) is 22.7 Å². The van der Waals surface area contributed by atoms with Crippen molar-refractivity contribution in [3.05, 3.63) is 85.3 Å². The van der Waals surface area contributed by atoms with Gasteiger partial charge in [0.15, 0.2) is 17.3 Å². The number of hydrogen-bond donors (Lipinski definition) is 1. The van der Waals surface area contributed by atoms with Crippen molar-refractivity contribution in [2.24, 2.45) is 0 Å². The molecule has 7 nitrogen and oxygen atoms in total. The van der Waals surface area contributed by atoms with E-state index in [-0.39, 0.29) is 11.5 Å². The highest BCUT2D eigenvalue weighted by molar-refractivity contribution is 5.87. The molecule has 4 aromatic heterocycles. The minimum Gasteiger partial charge on any atom is -0.452 e. The second-order valence-corrected chi connectivity index (χ2v) is 6.30. The highest BCUT2D eigenvalue weighted by atomic mass is 19.1. The van der Waals surface area contributed by atoms with Crippen molar-refractivity contribution < 1.29 is 13.9 Å². The van der Waals surface area contributed by atoms with E-state index in [1.807, 2.05) is 18.2 Å². The number of imidazole rings is 1. The first-order chi connectivity index (χ1) is 14.8. The lowest BCUT2D eigenvalue weighted by Crippen LogP contribution is -1.95. The average Bonchev–Trinajstić information content (AvgIpc) is 3.22. The summed E-state index contributed by atoms with van der Waals surface area (Å²) in [7, 11) is 0. The van der Waals surface area contributed by atoms with E-state index in [2.05, 4.69) is 24.9 Å². The van der Waals surface area contributed by atoms with Gasteiger partial charge in [-0.3, -0.25) is 15.0 Å². The molecule has 0 aliphatic carbocycles. The Balaban J connectivity index is 1.66. The standard InChI is InChI=1S/C22H14FN5O2/c23-19-18(29-14-5-3-8-24-12-14)11-17-20(21(19)30-15-6-4-9-25-13-15)28-22(27-17)16-7-1-2-10-26-16/h1-13H,(H,27,28). The van der Waals surface area contributed by atoms with E-state index in [1.165, 1.54) is 18.5 Å². The summed E-state index contributed by atoms with van der Waals surface area (Å²) in [6.45, 7) is 0. The van der Waals surface area contributed by atoms with Gasteiger partial charge in [-0.25, -0.2) is 4.98 Å². The number of fused-ring (bicyclic) bond motifs is 1. The molecule has 0 radical (unpaired) electrons. The number of ether oxygens (including phenoxy) is 2. The van der Waals surface area contributed by atoms with Crippen molar-refractivity contribution in [3.63, 3.8) is 0 Å². The van der Waals surface area contributed by atoms with Gasteiger partial charge < -0.3 is 14.5 Å². The fourth-order valence-electron chi connectivity index (χ4n) is 2.93. The van der Waals surface area contributed by atoms with E-state index < -0.39 is 5.82 Å². The van der Waals surface area contributed by atoms with Crippen LogP contribution in [0.4, 0.5) is 4.39 Å². The van der Waals surface area contributed by atoms with Gasteiger partial charge in [-0.05, 0) is 36.4 Å². The summed E-state index contributed by atoms with van der Waals surface area (Å²) in [5.41, 5.74) is 1.47. The third-order valence-corrected chi connectivity index (χ3v) is 4.26. The molecule has 0 atom stereocenters. The molecule has 0 aliphatic rings. The Kier molecular flexibility index (Phi) is 4.49. The third kappa shape index (κ3) is 3.42. The van der Waals surface area contributed by atoms with Crippen LogP contribution >= 0.6 is 0 Å². The highest BCUT2D eigenvalue weighted by Gasteiger charge is 2.21. The number of pyridine rings is 3. The first-order valence-electron chi connectivity index (χ1n) is 9.07. The fraction of sp³-hybridized carbons (Fsp3) is 0. The first kappa shape index (κ1) is 17.7. The van der Waals surface area contributed by atoms with E-state index in [0.717, 1.165) is 0 Å². The Morgan fingerprint density at radius 3 is 2.27 bits per heavy atom. The van der Waals surface area contributed by atoms with E-state index in [0.29, 0.717) is 34.1 Å². The summed E-state index contributed by atoms with van der Waals surface area (Å²) in [4.78, 5) is 20.0. The quantitative estimate of drug-likeness (QED) is 0.440. The molecule has 0 saturated heterocycles. The zero-order chi connectivity index (χ0) is 20.3. The number of benzene rings is 1. The van der Waals surface area contributed by atoms with Crippen LogP contribution in [0.1, 0.15) is 0 Å². The molecule has 30 heavy (non-hydrogen) atoms. The maximum Gasteiger partial charge on any atom is 0.210 e. The summed E-state index contributed by atoms with van der Waals surface area (Å²) in [6.07, 6.45) is 7.86. The number of aromatic amines is 1. The SMILES string of the molecule is Fc1c(Oc2cccnc2)cc2[nH]c(-c3ccccn3)nc2c1Oc1cccnc1. The predicted octanol–water partition coefficient (Wildman–Crippen LogP) is 5.14. The summed E-state index contributed by atoms with van der Waals surface area (Å²) >= 11 is 0. The van der Waals surface area contributed by atoms with Gasteiger partial charge in [-0.2, -0.15) is 4.39 Å². The summed E-state index contributed by atoms with van der Waals surface area (Å²) in [5, 5.41) is 0. The number of halogens is 1. The molecule has 4 heterocycles. The van der Waals surface area contributed by atoms with Crippen LogP contribution in [0.5, 0.6) is 23.0 Å².